The zero-order chi connectivity index (χ0) is 13.7. The summed E-state index contributed by atoms with van der Waals surface area (Å²) in [7, 11) is 0. The Morgan fingerprint density at radius 2 is 2.15 bits per heavy atom. The molecule has 4 rings (SSSR count). The summed E-state index contributed by atoms with van der Waals surface area (Å²) in [5, 5.41) is 1.40. The van der Waals surface area contributed by atoms with Crippen molar-refractivity contribution < 1.29 is 4.79 Å². The molecule has 2 aliphatic rings. The van der Waals surface area contributed by atoms with E-state index >= 15 is 0 Å². The predicted octanol–water partition coefficient (Wildman–Crippen LogP) is 1.82. The molecule has 0 spiro atoms. The topological polar surface area (TPSA) is 51.3 Å². The Morgan fingerprint density at radius 3 is 3.00 bits per heavy atom. The lowest BCUT2D eigenvalue weighted by molar-refractivity contribution is -0.120. The number of hydrogen-bond donors (Lipinski definition) is 1. The van der Waals surface area contributed by atoms with E-state index < -0.39 is 0 Å². The van der Waals surface area contributed by atoms with Gasteiger partial charge in [-0.3, -0.25) is 9.69 Å². The summed E-state index contributed by atoms with van der Waals surface area (Å²) < 4.78 is 2.46. The molecule has 0 fully saturated rings. The zero-order valence-electron chi connectivity index (χ0n) is 11.5. The van der Waals surface area contributed by atoms with E-state index in [2.05, 4.69) is 33.7 Å². The molecule has 4 nitrogen and oxygen atoms in total. The van der Waals surface area contributed by atoms with E-state index in [-0.39, 0.29) is 5.91 Å². The van der Waals surface area contributed by atoms with E-state index in [1.165, 1.54) is 28.6 Å². The lowest BCUT2D eigenvalue weighted by Crippen LogP contribution is -2.43. The molecule has 0 radical (unpaired) electrons. The normalized spacial score (nSPS) is 21.9. The second kappa shape index (κ2) is 4.35. The van der Waals surface area contributed by atoms with Gasteiger partial charge >= 0.3 is 0 Å². The molecular weight excluding hydrogens is 250 g/mol. The minimum absolute atomic E-state index is 0.221. The van der Waals surface area contributed by atoms with Gasteiger partial charge in [0.1, 0.15) is 0 Å². The van der Waals surface area contributed by atoms with E-state index in [0.29, 0.717) is 12.6 Å². The first-order valence-electron chi connectivity index (χ1n) is 7.38. The molecule has 1 aliphatic heterocycles. The second-order valence-corrected chi connectivity index (χ2v) is 5.88. The molecule has 104 valence electrons. The summed E-state index contributed by atoms with van der Waals surface area (Å²) in [4.78, 5) is 13.6. The van der Waals surface area contributed by atoms with Gasteiger partial charge in [0.05, 0.1) is 12.6 Å². The first kappa shape index (κ1) is 12.0. The van der Waals surface area contributed by atoms with Crippen molar-refractivity contribution in [3.05, 3.63) is 35.5 Å². The van der Waals surface area contributed by atoms with Crippen molar-refractivity contribution in [2.45, 2.75) is 31.8 Å². The molecule has 2 aromatic rings. The average molecular weight is 269 g/mol. The highest BCUT2D eigenvalue weighted by Crippen LogP contribution is 2.42. The van der Waals surface area contributed by atoms with E-state index in [0.717, 1.165) is 25.9 Å². The van der Waals surface area contributed by atoms with Gasteiger partial charge in [-0.2, -0.15) is 0 Å². The number of fused-ring (bicyclic) bond motifs is 3. The molecule has 20 heavy (non-hydrogen) atoms. The quantitative estimate of drug-likeness (QED) is 0.904. The van der Waals surface area contributed by atoms with Crippen molar-refractivity contribution in [2.75, 3.05) is 13.1 Å². The summed E-state index contributed by atoms with van der Waals surface area (Å²) in [6.45, 7) is 2.25. The van der Waals surface area contributed by atoms with E-state index in [9.17, 15) is 4.79 Å². The van der Waals surface area contributed by atoms with Crippen LogP contribution < -0.4 is 5.73 Å². The number of carbonyl (C=O) groups excluding carboxylic acids is 1. The SMILES string of the molecule is NC(=O)CN1CCn2c3c(c4ccccc42)CCCC31. The smallest absolute Gasteiger partial charge is 0.231 e. The number of primary amides is 1. The van der Waals surface area contributed by atoms with Crippen LogP contribution in [-0.2, 0) is 17.8 Å². The number of nitrogens with zero attached hydrogens (tertiary/aromatic N) is 2. The van der Waals surface area contributed by atoms with Gasteiger partial charge < -0.3 is 10.3 Å². The molecule has 0 saturated carbocycles. The molecule has 1 aromatic heterocycles. The van der Waals surface area contributed by atoms with Crippen LogP contribution in [0.4, 0.5) is 0 Å². The van der Waals surface area contributed by atoms with E-state index in [1.54, 1.807) is 0 Å². The van der Waals surface area contributed by atoms with Gasteiger partial charge in [-0.1, -0.05) is 18.2 Å². The Bertz CT molecular complexity index is 655. The molecule has 0 saturated heterocycles. The average Bonchev–Trinajstić information content (AvgIpc) is 2.78. The highest BCUT2D eigenvalue weighted by molar-refractivity contribution is 5.86. The molecule has 1 aromatic carbocycles. The van der Waals surface area contributed by atoms with Crippen molar-refractivity contribution >= 4 is 16.8 Å². The molecule has 1 atom stereocenters. The molecule has 2 N–H and O–H groups in total. The lowest BCUT2D eigenvalue weighted by Gasteiger charge is -2.39. The monoisotopic (exact) mass is 269 g/mol. The summed E-state index contributed by atoms with van der Waals surface area (Å²) in [6, 6.07) is 9.05. The van der Waals surface area contributed by atoms with Crippen LogP contribution in [0.3, 0.4) is 0 Å². The third-order valence-corrected chi connectivity index (χ3v) is 4.75. The van der Waals surface area contributed by atoms with Crippen molar-refractivity contribution in [1.82, 2.24) is 9.47 Å². The van der Waals surface area contributed by atoms with Crippen molar-refractivity contribution in [1.29, 1.82) is 0 Å². The Morgan fingerprint density at radius 1 is 1.30 bits per heavy atom. The number of aryl methyl sites for hydroxylation is 1. The maximum atomic E-state index is 11.3. The highest BCUT2D eigenvalue weighted by atomic mass is 16.1. The molecule has 2 heterocycles. The maximum absolute atomic E-state index is 11.3. The van der Waals surface area contributed by atoms with E-state index in [4.69, 9.17) is 5.73 Å². The van der Waals surface area contributed by atoms with Crippen LogP contribution in [0.25, 0.3) is 10.9 Å². The molecule has 1 unspecified atom stereocenters. The minimum Gasteiger partial charge on any atom is -0.369 e. The van der Waals surface area contributed by atoms with Crippen molar-refractivity contribution in [3.8, 4) is 0 Å². The van der Waals surface area contributed by atoms with Crippen LogP contribution >= 0.6 is 0 Å². The fraction of sp³-hybridized carbons (Fsp3) is 0.438. The third-order valence-electron chi connectivity index (χ3n) is 4.75. The summed E-state index contributed by atoms with van der Waals surface area (Å²) >= 11 is 0. The van der Waals surface area contributed by atoms with Gasteiger partial charge in [0.2, 0.25) is 5.91 Å². The maximum Gasteiger partial charge on any atom is 0.231 e. The highest BCUT2D eigenvalue weighted by Gasteiger charge is 2.34. The summed E-state index contributed by atoms with van der Waals surface area (Å²) in [5.41, 5.74) is 9.68. The Kier molecular flexibility index (Phi) is 2.60. The van der Waals surface area contributed by atoms with Gasteiger partial charge in [-0.15, -0.1) is 0 Å². The minimum atomic E-state index is -0.221. The largest absolute Gasteiger partial charge is 0.369 e. The van der Waals surface area contributed by atoms with Crippen LogP contribution in [0.1, 0.15) is 30.1 Å². The number of aromatic nitrogens is 1. The zero-order valence-corrected chi connectivity index (χ0v) is 11.5. The number of hydrogen-bond acceptors (Lipinski definition) is 2. The van der Waals surface area contributed by atoms with Crippen LogP contribution in [-0.4, -0.2) is 28.5 Å². The Labute approximate surface area is 118 Å². The Hall–Kier alpha value is -1.81. The summed E-state index contributed by atoms with van der Waals surface area (Å²) in [6.07, 6.45) is 3.49. The van der Waals surface area contributed by atoms with Gasteiger partial charge in [-0.05, 0) is 30.9 Å². The van der Waals surface area contributed by atoms with Crippen LogP contribution in [0.5, 0.6) is 0 Å². The third kappa shape index (κ3) is 1.61. The fourth-order valence-corrected chi connectivity index (χ4v) is 4.02. The number of nitrogens with two attached hydrogens (primary N) is 1. The second-order valence-electron chi connectivity index (χ2n) is 5.88. The number of amides is 1. The number of para-hydroxylation sites is 1. The van der Waals surface area contributed by atoms with Gasteiger partial charge in [0.15, 0.2) is 0 Å². The first-order valence-corrected chi connectivity index (χ1v) is 7.38. The molecular formula is C16H19N3O. The Balaban J connectivity index is 1.89. The van der Waals surface area contributed by atoms with Crippen LogP contribution in [0, 0.1) is 0 Å². The lowest BCUT2D eigenvalue weighted by atomic mass is 9.89. The fourth-order valence-electron chi connectivity index (χ4n) is 4.02. The van der Waals surface area contributed by atoms with Crippen LogP contribution in [0.2, 0.25) is 0 Å². The van der Waals surface area contributed by atoms with Crippen LogP contribution in [0.15, 0.2) is 24.3 Å². The molecule has 0 bridgehead atoms. The summed E-state index contributed by atoms with van der Waals surface area (Å²) in [5.74, 6) is -0.221. The standard InChI is InChI=1S/C16H19N3O/c17-15(20)10-18-8-9-19-13-6-2-1-4-11(13)12-5-3-7-14(18)16(12)19/h1-2,4,6,14H,3,5,7-10H2,(H2,17,20). The van der Waals surface area contributed by atoms with E-state index in [1.807, 2.05) is 0 Å². The number of benzene rings is 1. The molecule has 1 amide bonds. The predicted molar refractivity (Wildman–Crippen MR) is 78.4 cm³/mol. The van der Waals surface area contributed by atoms with Gasteiger partial charge in [-0.25, -0.2) is 0 Å². The van der Waals surface area contributed by atoms with Crippen molar-refractivity contribution in [2.24, 2.45) is 5.73 Å². The molecule has 4 heteroatoms. The van der Waals surface area contributed by atoms with Crippen molar-refractivity contribution in [3.63, 3.8) is 0 Å². The number of rotatable bonds is 2. The van der Waals surface area contributed by atoms with Gasteiger partial charge in [0.25, 0.3) is 0 Å². The first-order chi connectivity index (χ1) is 9.75. The van der Waals surface area contributed by atoms with Gasteiger partial charge in [0, 0.05) is 29.7 Å². The number of carbonyl (C=O) groups is 1. The molecule has 1 aliphatic carbocycles.